The van der Waals surface area contributed by atoms with E-state index < -0.39 is 31.4 Å². The summed E-state index contributed by atoms with van der Waals surface area (Å²) >= 11 is 6.25. The van der Waals surface area contributed by atoms with E-state index in [2.05, 4.69) is 55.8 Å². The van der Waals surface area contributed by atoms with E-state index in [4.69, 9.17) is 21.1 Å². The van der Waals surface area contributed by atoms with Gasteiger partial charge in [-0.15, -0.1) is 0 Å². The van der Waals surface area contributed by atoms with Crippen molar-refractivity contribution in [2.24, 2.45) is 11.3 Å². The fourth-order valence-corrected chi connectivity index (χ4v) is 10.6. The Balaban J connectivity index is 0.943. The molecule has 4 heterocycles. The lowest BCUT2D eigenvalue weighted by Gasteiger charge is -2.39. The molecule has 17 heteroatoms. The number of carbonyl (C=O) groups excluding carboxylic acids is 1. The predicted octanol–water partition coefficient (Wildman–Crippen LogP) is 8.55. The first-order chi connectivity index (χ1) is 30.7. The zero-order chi connectivity index (χ0) is 44.8. The van der Waals surface area contributed by atoms with Gasteiger partial charge in [0.15, 0.2) is 11.4 Å². The fraction of sp³-hybridized carbons (Fsp3) is 0.404. The molecule has 0 unspecified atom stereocenters. The van der Waals surface area contributed by atoms with Gasteiger partial charge in [-0.3, -0.25) is 19.8 Å². The third-order valence-corrected chi connectivity index (χ3v) is 14.8. The van der Waals surface area contributed by atoms with E-state index in [-0.39, 0.29) is 52.8 Å². The number of pyridine rings is 1. The average Bonchev–Trinajstić information content (AvgIpc) is 3.75. The number of aromatic nitrogens is 2. The monoisotopic (exact) mass is 909 g/mol. The van der Waals surface area contributed by atoms with Gasteiger partial charge in [-0.05, 0) is 104 Å². The molecule has 9 rings (SSSR count). The Morgan fingerprint density at radius 3 is 2.56 bits per heavy atom. The zero-order valence-corrected chi connectivity index (χ0v) is 37.4. The minimum absolute atomic E-state index is 0.00310. The topological polar surface area (TPSA) is 192 Å². The summed E-state index contributed by atoms with van der Waals surface area (Å²) in [4.78, 5) is 37.4. The number of carbonyl (C=O) groups is 1. The van der Waals surface area contributed by atoms with Crippen LogP contribution in [-0.4, -0.2) is 90.7 Å². The number of hydrogen-bond donors (Lipinski definition) is 4. The van der Waals surface area contributed by atoms with Gasteiger partial charge in [0, 0.05) is 73.2 Å². The predicted molar refractivity (Wildman–Crippen MR) is 246 cm³/mol. The van der Waals surface area contributed by atoms with Crippen LogP contribution >= 0.6 is 11.6 Å². The number of anilines is 2. The van der Waals surface area contributed by atoms with Gasteiger partial charge in [0.1, 0.15) is 23.8 Å². The molecule has 2 aromatic heterocycles. The normalized spacial score (nSPS) is 21.4. The number of nitrogens with one attached hydrogen (secondary N) is 3. The number of sulfonamides is 1. The summed E-state index contributed by atoms with van der Waals surface area (Å²) in [6, 6.07) is 18.7. The minimum atomic E-state index is -4.66. The standard InChI is InChI=1S/C47H52ClN7O8S/c1-47(2)15-13-32(39(25-47)29-3-7-33(48)8-4-29)27-53-17-19-54(20-18-53)34-9-12-38(42(22-34)63-36-21-31-14-16-49-45(31)50-26-36)46(57)52-64(60,61)37-23-41(55(58)59)44-43(24-37)62-28-40(51-44)30-5-10-35(56)11-6-30/h3-4,7-9,12,14,16,21-24,26,30,35,40,51,56H,5-6,10-11,13,15,17-20,25,27-28H2,1-2H3,(H,49,50)(H,52,57)/t30?,35?,40-/m0/s1. The number of benzene rings is 3. The molecule has 0 bridgehead atoms. The zero-order valence-electron chi connectivity index (χ0n) is 35.8. The maximum Gasteiger partial charge on any atom is 0.297 e. The lowest BCUT2D eigenvalue weighted by molar-refractivity contribution is -0.384. The van der Waals surface area contributed by atoms with Gasteiger partial charge >= 0.3 is 0 Å². The Morgan fingerprint density at radius 1 is 1.05 bits per heavy atom. The number of allylic oxidation sites excluding steroid dienone is 1. The number of nitro benzene ring substituents is 1. The lowest BCUT2D eigenvalue weighted by Crippen LogP contribution is -2.47. The molecule has 2 aliphatic carbocycles. The van der Waals surface area contributed by atoms with Gasteiger partial charge in [-0.2, -0.15) is 0 Å². The molecule has 3 aromatic carbocycles. The maximum absolute atomic E-state index is 14.1. The number of hydrogen-bond acceptors (Lipinski definition) is 12. The fourth-order valence-electron chi connectivity index (χ4n) is 9.51. The summed E-state index contributed by atoms with van der Waals surface area (Å²) in [6.45, 7) is 8.74. The lowest BCUT2D eigenvalue weighted by atomic mass is 9.72. The van der Waals surface area contributed by atoms with E-state index in [0.29, 0.717) is 37.3 Å². The van der Waals surface area contributed by atoms with Gasteiger partial charge in [0.2, 0.25) is 0 Å². The molecule has 336 valence electrons. The van der Waals surface area contributed by atoms with Gasteiger partial charge in [0.05, 0.1) is 33.7 Å². The second kappa shape index (κ2) is 17.7. The van der Waals surface area contributed by atoms with Crippen molar-refractivity contribution in [2.45, 2.75) is 75.8 Å². The van der Waals surface area contributed by atoms with Crippen LogP contribution in [0.25, 0.3) is 16.6 Å². The van der Waals surface area contributed by atoms with Gasteiger partial charge in [0.25, 0.3) is 21.6 Å². The maximum atomic E-state index is 14.1. The Hall–Kier alpha value is -5.68. The number of halogens is 1. The smallest absolute Gasteiger partial charge is 0.297 e. The van der Waals surface area contributed by atoms with Crippen LogP contribution in [-0.2, 0) is 10.0 Å². The van der Waals surface area contributed by atoms with Gasteiger partial charge in [-0.25, -0.2) is 18.1 Å². The molecule has 15 nitrogen and oxygen atoms in total. The molecule has 1 saturated heterocycles. The number of aromatic amines is 1. The average molecular weight is 910 g/mol. The number of amides is 1. The van der Waals surface area contributed by atoms with Crippen molar-refractivity contribution < 1.29 is 32.7 Å². The molecule has 5 aromatic rings. The van der Waals surface area contributed by atoms with Crippen molar-refractivity contribution in [2.75, 3.05) is 49.5 Å². The van der Waals surface area contributed by atoms with E-state index in [1.165, 1.54) is 35.0 Å². The van der Waals surface area contributed by atoms with E-state index in [1.54, 1.807) is 24.4 Å². The second-order valence-electron chi connectivity index (χ2n) is 18.2. The highest BCUT2D eigenvalue weighted by Gasteiger charge is 2.36. The molecule has 0 spiro atoms. The Bertz CT molecular complexity index is 2720. The van der Waals surface area contributed by atoms with Crippen LogP contribution in [0, 0.1) is 21.4 Å². The van der Waals surface area contributed by atoms with Gasteiger partial charge in [-0.1, -0.05) is 43.2 Å². The molecule has 4 aliphatic rings. The number of rotatable bonds is 11. The number of ether oxygens (including phenoxy) is 2. The van der Waals surface area contributed by atoms with Crippen LogP contribution in [0.1, 0.15) is 74.7 Å². The van der Waals surface area contributed by atoms with Crippen molar-refractivity contribution in [3.63, 3.8) is 0 Å². The number of nitro groups is 1. The summed E-state index contributed by atoms with van der Waals surface area (Å²) in [7, 11) is -4.66. The number of fused-ring (bicyclic) bond motifs is 2. The first kappa shape index (κ1) is 43.6. The molecule has 1 saturated carbocycles. The van der Waals surface area contributed by atoms with Crippen molar-refractivity contribution in [1.29, 1.82) is 0 Å². The number of aliphatic hydroxyl groups excluding tert-OH is 1. The molecule has 0 radical (unpaired) electrons. The third kappa shape index (κ3) is 9.41. The Morgan fingerprint density at radius 2 is 1.81 bits per heavy atom. The SMILES string of the molecule is CC1(C)CCC(CN2CCN(c3ccc(C(=O)NS(=O)(=O)c4cc5c(c([N+](=O)[O-])c4)N[C@H](C4CCC(O)CC4)CO5)c(Oc4cnc5[nH]ccc5c4)c3)CC2)=C(c2ccc(Cl)cc2)C1. The molecular weight excluding hydrogens is 858 g/mol. The van der Waals surface area contributed by atoms with Crippen LogP contribution < -0.4 is 24.4 Å². The van der Waals surface area contributed by atoms with E-state index in [0.717, 1.165) is 73.9 Å². The molecule has 4 N–H and O–H groups in total. The molecule has 64 heavy (non-hydrogen) atoms. The summed E-state index contributed by atoms with van der Waals surface area (Å²) in [5.74, 6) is -0.418. The van der Waals surface area contributed by atoms with Crippen LogP contribution in [0.15, 0.2) is 89.6 Å². The molecule has 1 amide bonds. The van der Waals surface area contributed by atoms with E-state index >= 15 is 0 Å². The summed E-state index contributed by atoms with van der Waals surface area (Å²) < 4.78 is 42.2. The highest BCUT2D eigenvalue weighted by atomic mass is 35.5. The Labute approximate surface area is 377 Å². The summed E-state index contributed by atoms with van der Waals surface area (Å²) in [6.07, 6.45) is 8.81. The number of piperazine rings is 1. The summed E-state index contributed by atoms with van der Waals surface area (Å²) in [5, 5.41) is 27.0. The third-order valence-electron chi connectivity index (χ3n) is 13.2. The second-order valence-corrected chi connectivity index (χ2v) is 20.3. The minimum Gasteiger partial charge on any atom is -0.489 e. The Kier molecular flexibility index (Phi) is 12.1. The van der Waals surface area contributed by atoms with Crippen molar-refractivity contribution >= 4 is 61.2 Å². The quantitative estimate of drug-likeness (QED) is 0.0731. The number of nitrogens with zero attached hydrogens (tertiary/aromatic N) is 4. The van der Waals surface area contributed by atoms with Gasteiger partial charge < -0.3 is 29.8 Å². The molecular formula is C47H52ClN7O8S. The first-order valence-corrected chi connectivity index (χ1v) is 23.7. The highest BCUT2D eigenvalue weighted by molar-refractivity contribution is 7.90. The number of aliphatic hydroxyl groups is 1. The van der Waals surface area contributed by atoms with Crippen molar-refractivity contribution in [1.82, 2.24) is 19.6 Å². The van der Waals surface area contributed by atoms with Crippen LogP contribution in [0.5, 0.6) is 17.2 Å². The highest BCUT2D eigenvalue weighted by Crippen LogP contribution is 2.45. The summed E-state index contributed by atoms with van der Waals surface area (Å²) in [5.41, 5.74) is 5.28. The van der Waals surface area contributed by atoms with Crippen molar-refractivity contribution in [3.05, 3.63) is 111 Å². The number of H-pyrrole nitrogens is 1. The molecule has 1 atom stereocenters. The van der Waals surface area contributed by atoms with Crippen LogP contribution in [0.2, 0.25) is 5.02 Å². The van der Waals surface area contributed by atoms with Crippen molar-refractivity contribution in [3.8, 4) is 17.2 Å². The molecule has 2 aliphatic heterocycles. The van der Waals surface area contributed by atoms with Crippen LogP contribution in [0.4, 0.5) is 17.1 Å². The molecule has 2 fully saturated rings. The van der Waals surface area contributed by atoms with Crippen LogP contribution in [0.3, 0.4) is 0 Å². The van der Waals surface area contributed by atoms with E-state index in [9.17, 15) is 28.4 Å². The first-order valence-electron chi connectivity index (χ1n) is 21.8. The van der Waals surface area contributed by atoms with E-state index in [1.807, 2.05) is 18.2 Å². The largest absolute Gasteiger partial charge is 0.489 e.